The number of carbonyl (C=O) groups is 1. The Morgan fingerprint density at radius 3 is 2.78 bits per heavy atom. The average molecular weight is 396 g/mol. The topological polar surface area (TPSA) is 98.9 Å². The van der Waals surface area contributed by atoms with Gasteiger partial charge in [0, 0.05) is 12.8 Å². The van der Waals surface area contributed by atoms with Crippen LogP contribution in [0.5, 0.6) is 0 Å². The first kappa shape index (κ1) is 18.9. The maximum atomic E-state index is 10.9. The van der Waals surface area contributed by atoms with Crippen LogP contribution < -0.4 is 5.32 Å². The third-order valence-corrected chi connectivity index (χ3v) is 5.50. The van der Waals surface area contributed by atoms with E-state index in [-0.39, 0.29) is 6.42 Å². The lowest BCUT2D eigenvalue weighted by molar-refractivity contribution is -0.136. The van der Waals surface area contributed by atoms with Crippen molar-refractivity contribution in [1.29, 1.82) is 5.26 Å². The molecule has 0 spiro atoms. The van der Waals surface area contributed by atoms with Crippen LogP contribution in [0.15, 0.2) is 46.9 Å². The normalized spacial score (nSPS) is 10.4. The molecule has 8 heteroatoms. The summed E-state index contributed by atoms with van der Waals surface area (Å²) in [5.41, 5.74) is 2.80. The molecular weight excluding hydrogens is 380 g/mol. The number of benzene rings is 1. The SMILES string of the molecule is CNc1nc(SCc2cccc(CC(=O)O)c2)nc(-c2cccs2)c1C#N. The monoisotopic (exact) mass is 396 g/mol. The van der Waals surface area contributed by atoms with Crippen molar-refractivity contribution in [2.24, 2.45) is 0 Å². The molecule has 2 N–H and O–H groups in total. The zero-order chi connectivity index (χ0) is 19.2. The highest BCUT2D eigenvalue weighted by molar-refractivity contribution is 7.98. The molecule has 0 saturated heterocycles. The first-order valence-electron chi connectivity index (χ1n) is 8.07. The van der Waals surface area contributed by atoms with E-state index in [0.717, 1.165) is 16.0 Å². The summed E-state index contributed by atoms with van der Waals surface area (Å²) in [7, 11) is 1.73. The molecule has 0 aliphatic rings. The summed E-state index contributed by atoms with van der Waals surface area (Å²) in [5, 5.41) is 23.9. The van der Waals surface area contributed by atoms with Crippen LogP contribution in [-0.2, 0) is 17.0 Å². The Morgan fingerprint density at radius 2 is 2.11 bits per heavy atom. The van der Waals surface area contributed by atoms with Crippen LogP contribution in [0.3, 0.4) is 0 Å². The summed E-state index contributed by atoms with van der Waals surface area (Å²) < 4.78 is 0. The summed E-state index contributed by atoms with van der Waals surface area (Å²) >= 11 is 2.97. The third-order valence-electron chi connectivity index (χ3n) is 3.71. The number of carboxylic acid groups (broad SMARTS) is 1. The smallest absolute Gasteiger partial charge is 0.307 e. The number of hydrogen-bond acceptors (Lipinski definition) is 7. The number of carboxylic acids is 1. The Bertz CT molecular complexity index is 997. The molecule has 6 nitrogen and oxygen atoms in total. The van der Waals surface area contributed by atoms with Crippen molar-refractivity contribution in [2.75, 3.05) is 12.4 Å². The van der Waals surface area contributed by atoms with E-state index in [9.17, 15) is 10.1 Å². The first-order chi connectivity index (χ1) is 13.1. The van der Waals surface area contributed by atoms with E-state index in [1.165, 1.54) is 23.1 Å². The van der Waals surface area contributed by atoms with E-state index in [1.54, 1.807) is 13.1 Å². The van der Waals surface area contributed by atoms with E-state index >= 15 is 0 Å². The van der Waals surface area contributed by atoms with Gasteiger partial charge in [0.25, 0.3) is 0 Å². The molecule has 0 bridgehead atoms. The minimum absolute atomic E-state index is 0.00168. The van der Waals surface area contributed by atoms with Gasteiger partial charge in [-0.2, -0.15) is 5.26 Å². The summed E-state index contributed by atoms with van der Waals surface area (Å²) in [4.78, 5) is 20.8. The number of rotatable bonds is 7. The van der Waals surface area contributed by atoms with Gasteiger partial charge in [-0.15, -0.1) is 11.3 Å². The zero-order valence-corrected chi connectivity index (χ0v) is 16.1. The number of aromatic nitrogens is 2. The van der Waals surface area contributed by atoms with Crippen molar-refractivity contribution in [3.8, 4) is 16.6 Å². The Labute approximate surface area is 164 Å². The van der Waals surface area contributed by atoms with E-state index in [1.807, 2.05) is 35.7 Å². The molecule has 2 aromatic heterocycles. The highest BCUT2D eigenvalue weighted by Crippen LogP contribution is 2.32. The fourth-order valence-corrected chi connectivity index (χ4v) is 4.04. The van der Waals surface area contributed by atoms with Gasteiger partial charge < -0.3 is 10.4 Å². The van der Waals surface area contributed by atoms with Crippen LogP contribution in [0, 0.1) is 11.3 Å². The van der Waals surface area contributed by atoms with Gasteiger partial charge in [0.15, 0.2) is 5.16 Å². The highest BCUT2D eigenvalue weighted by atomic mass is 32.2. The van der Waals surface area contributed by atoms with Crippen LogP contribution in [0.25, 0.3) is 10.6 Å². The Balaban J connectivity index is 1.86. The zero-order valence-electron chi connectivity index (χ0n) is 14.5. The molecule has 27 heavy (non-hydrogen) atoms. The van der Waals surface area contributed by atoms with Gasteiger partial charge >= 0.3 is 5.97 Å². The van der Waals surface area contributed by atoms with Crippen molar-refractivity contribution in [1.82, 2.24) is 9.97 Å². The van der Waals surface area contributed by atoms with Gasteiger partial charge in [0.2, 0.25) is 0 Å². The minimum Gasteiger partial charge on any atom is -0.481 e. The Morgan fingerprint density at radius 1 is 1.30 bits per heavy atom. The number of nitrogens with zero attached hydrogens (tertiary/aromatic N) is 3. The summed E-state index contributed by atoms with van der Waals surface area (Å²) in [6.07, 6.45) is -0.00168. The lowest BCUT2D eigenvalue weighted by atomic mass is 10.1. The molecular formula is C19H16N4O2S2. The molecule has 0 saturated carbocycles. The molecule has 0 unspecified atom stereocenters. The second kappa shape index (κ2) is 8.66. The molecule has 1 aromatic carbocycles. The van der Waals surface area contributed by atoms with Crippen LogP contribution in [0.4, 0.5) is 5.82 Å². The van der Waals surface area contributed by atoms with Gasteiger partial charge in [0.05, 0.1) is 11.3 Å². The van der Waals surface area contributed by atoms with Gasteiger partial charge in [-0.05, 0) is 22.6 Å². The maximum absolute atomic E-state index is 10.9. The van der Waals surface area contributed by atoms with Crippen molar-refractivity contribution in [3.05, 3.63) is 58.5 Å². The van der Waals surface area contributed by atoms with E-state index < -0.39 is 5.97 Å². The van der Waals surface area contributed by atoms with Gasteiger partial charge in [0.1, 0.15) is 23.1 Å². The van der Waals surface area contributed by atoms with Gasteiger partial charge in [-0.1, -0.05) is 42.1 Å². The molecule has 136 valence electrons. The second-order valence-electron chi connectivity index (χ2n) is 5.60. The van der Waals surface area contributed by atoms with Gasteiger partial charge in [-0.3, -0.25) is 4.79 Å². The maximum Gasteiger partial charge on any atom is 0.307 e. The Hall–Kier alpha value is -2.89. The number of anilines is 1. The predicted molar refractivity (Wildman–Crippen MR) is 107 cm³/mol. The van der Waals surface area contributed by atoms with Crippen molar-refractivity contribution in [3.63, 3.8) is 0 Å². The van der Waals surface area contributed by atoms with Crippen LogP contribution >= 0.6 is 23.1 Å². The second-order valence-corrected chi connectivity index (χ2v) is 7.49. The molecule has 0 amide bonds. The van der Waals surface area contributed by atoms with Crippen LogP contribution in [0.1, 0.15) is 16.7 Å². The largest absolute Gasteiger partial charge is 0.481 e. The van der Waals surface area contributed by atoms with Gasteiger partial charge in [-0.25, -0.2) is 9.97 Å². The number of nitrogens with one attached hydrogen (secondary N) is 1. The summed E-state index contributed by atoms with van der Waals surface area (Å²) in [5.74, 6) is 0.249. The fraction of sp³-hybridized carbons (Fsp3) is 0.158. The minimum atomic E-state index is -0.852. The van der Waals surface area contributed by atoms with E-state index in [4.69, 9.17) is 5.11 Å². The fourth-order valence-electron chi connectivity index (χ4n) is 2.54. The van der Waals surface area contributed by atoms with Crippen LogP contribution in [-0.4, -0.2) is 28.1 Å². The number of hydrogen-bond donors (Lipinski definition) is 2. The molecule has 3 rings (SSSR count). The van der Waals surface area contributed by atoms with Crippen molar-refractivity contribution >= 4 is 34.9 Å². The molecule has 2 heterocycles. The molecule has 0 aliphatic carbocycles. The number of thioether (sulfide) groups is 1. The lowest BCUT2D eigenvalue weighted by Gasteiger charge is -2.10. The van der Waals surface area contributed by atoms with E-state index in [2.05, 4.69) is 21.4 Å². The molecule has 0 aliphatic heterocycles. The number of nitriles is 1. The third kappa shape index (κ3) is 4.64. The van der Waals surface area contributed by atoms with Crippen LogP contribution in [0.2, 0.25) is 0 Å². The molecule has 0 atom stereocenters. The lowest BCUT2D eigenvalue weighted by Crippen LogP contribution is -2.03. The highest BCUT2D eigenvalue weighted by Gasteiger charge is 2.16. The summed E-state index contributed by atoms with van der Waals surface area (Å²) in [6, 6.07) is 13.5. The summed E-state index contributed by atoms with van der Waals surface area (Å²) in [6.45, 7) is 0. The average Bonchev–Trinajstić information content (AvgIpc) is 3.20. The van der Waals surface area contributed by atoms with E-state index in [0.29, 0.717) is 28.0 Å². The molecule has 3 aromatic rings. The first-order valence-corrected chi connectivity index (χ1v) is 9.93. The quantitative estimate of drug-likeness (QED) is 0.459. The molecule has 0 fully saturated rings. The van der Waals surface area contributed by atoms with Crippen molar-refractivity contribution in [2.45, 2.75) is 17.3 Å². The number of aliphatic carboxylic acids is 1. The molecule has 0 radical (unpaired) electrons. The Kier molecular flexibility index (Phi) is 6.06. The van der Waals surface area contributed by atoms with Crippen molar-refractivity contribution < 1.29 is 9.90 Å². The standard InChI is InChI=1S/C19H16N4O2S2/c1-21-18-14(10-20)17(15-6-3-7-26-15)22-19(23-18)27-11-13-5-2-4-12(8-13)9-16(24)25/h2-8H,9,11H2,1H3,(H,24,25)(H,21,22,23). The number of thiophene rings is 1. The predicted octanol–water partition coefficient (Wildman–Crippen LogP) is 4.04.